The largest absolute Gasteiger partial charge is 0.344 e. The molecule has 1 N–H and O–H groups in total. The van der Waals surface area contributed by atoms with Gasteiger partial charge in [0.25, 0.3) is 0 Å². The van der Waals surface area contributed by atoms with Crippen molar-refractivity contribution in [1.29, 1.82) is 0 Å². The first-order valence-electron chi connectivity index (χ1n) is 8.77. The number of hydrogen-bond donors (Lipinski definition) is 1. The molecular weight excluding hydrogens is 264 g/mol. The molecule has 1 saturated heterocycles. The summed E-state index contributed by atoms with van der Waals surface area (Å²) in [4.78, 5) is 25.9. The third-order valence-electron chi connectivity index (χ3n) is 4.16. The molecule has 0 saturated carbocycles. The van der Waals surface area contributed by atoms with Crippen LogP contribution in [0.2, 0.25) is 0 Å². The van der Waals surface area contributed by atoms with E-state index >= 15 is 0 Å². The lowest BCUT2D eigenvalue weighted by molar-refractivity contribution is -0.133. The molecule has 122 valence electrons. The summed E-state index contributed by atoms with van der Waals surface area (Å²) in [6.45, 7) is 5.67. The molecule has 4 heteroatoms. The van der Waals surface area contributed by atoms with Gasteiger partial charge in [-0.05, 0) is 12.8 Å². The van der Waals surface area contributed by atoms with E-state index in [2.05, 4.69) is 12.2 Å². The first kappa shape index (κ1) is 18.0. The summed E-state index contributed by atoms with van der Waals surface area (Å²) in [7, 11) is 0. The average molecular weight is 296 g/mol. The van der Waals surface area contributed by atoms with Crippen LogP contribution in [0.4, 0.5) is 0 Å². The third kappa shape index (κ3) is 6.96. The Balaban J connectivity index is 2.28. The molecular formula is C17H32N2O2. The molecule has 21 heavy (non-hydrogen) atoms. The fourth-order valence-electron chi connectivity index (χ4n) is 2.86. The van der Waals surface area contributed by atoms with Gasteiger partial charge in [-0.2, -0.15) is 0 Å². The van der Waals surface area contributed by atoms with Gasteiger partial charge in [0.15, 0.2) is 0 Å². The van der Waals surface area contributed by atoms with Crippen molar-refractivity contribution >= 4 is 11.8 Å². The number of unbranched alkanes of at least 4 members (excludes halogenated alkanes) is 6. The van der Waals surface area contributed by atoms with Gasteiger partial charge >= 0.3 is 0 Å². The number of rotatable bonds is 10. The zero-order valence-electron chi connectivity index (χ0n) is 13.8. The molecule has 0 aliphatic carbocycles. The van der Waals surface area contributed by atoms with Crippen molar-refractivity contribution in [1.82, 2.24) is 10.2 Å². The lowest BCUT2D eigenvalue weighted by Crippen LogP contribution is -2.44. The zero-order valence-corrected chi connectivity index (χ0v) is 13.8. The molecule has 1 aliphatic rings. The Morgan fingerprint density at radius 2 is 1.67 bits per heavy atom. The molecule has 0 aromatic carbocycles. The quantitative estimate of drug-likeness (QED) is 0.629. The summed E-state index contributed by atoms with van der Waals surface area (Å²) < 4.78 is 0. The van der Waals surface area contributed by atoms with Gasteiger partial charge in [0.1, 0.15) is 6.04 Å². The van der Waals surface area contributed by atoms with Crippen molar-refractivity contribution in [3.63, 3.8) is 0 Å². The van der Waals surface area contributed by atoms with Crippen LogP contribution in [0.5, 0.6) is 0 Å². The Kier molecular flexibility index (Phi) is 9.11. The third-order valence-corrected chi connectivity index (χ3v) is 4.16. The number of hydrogen-bond acceptors (Lipinski definition) is 2. The molecule has 1 fully saturated rings. The van der Waals surface area contributed by atoms with Crippen LogP contribution in [0, 0.1) is 0 Å². The Morgan fingerprint density at radius 1 is 1.00 bits per heavy atom. The Labute approximate surface area is 129 Å². The summed E-state index contributed by atoms with van der Waals surface area (Å²) in [5.74, 6) is 0.137. The van der Waals surface area contributed by atoms with Crippen molar-refractivity contribution in [2.75, 3.05) is 13.1 Å². The fourth-order valence-corrected chi connectivity index (χ4v) is 2.86. The minimum absolute atomic E-state index is 0.0175. The maximum absolute atomic E-state index is 12.4. The Hall–Kier alpha value is -1.06. The van der Waals surface area contributed by atoms with Crippen molar-refractivity contribution in [3.8, 4) is 0 Å². The van der Waals surface area contributed by atoms with E-state index in [0.717, 1.165) is 25.8 Å². The average Bonchev–Trinajstić information content (AvgIpc) is 2.60. The summed E-state index contributed by atoms with van der Waals surface area (Å²) >= 11 is 0. The first-order chi connectivity index (χ1) is 10.2. The first-order valence-corrected chi connectivity index (χ1v) is 8.77. The number of carbonyl (C=O) groups is 2. The van der Waals surface area contributed by atoms with Crippen molar-refractivity contribution in [2.45, 2.75) is 84.1 Å². The van der Waals surface area contributed by atoms with E-state index in [1.807, 2.05) is 11.8 Å². The van der Waals surface area contributed by atoms with Crippen LogP contribution in [0.3, 0.4) is 0 Å². The number of nitrogens with zero attached hydrogens (tertiary/aromatic N) is 1. The maximum atomic E-state index is 12.4. The van der Waals surface area contributed by atoms with Gasteiger partial charge in [-0.1, -0.05) is 58.8 Å². The summed E-state index contributed by atoms with van der Waals surface area (Å²) in [6.07, 6.45) is 10.9. The molecule has 0 radical (unpaired) electrons. The van der Waals surface area contributed by atoms with Crippen LogP contribution >= 0.6 is 0 Å². The van der Waals surface area contributed by atoms with Crippen LogP contribution in [0.15, 0.2) is 0 Å². The van der Waals surface area contributed by atoms with Crippen LogP contribution in [0.25, 0.3) is 0 Å². The van der Waals surface area contributed by atoms with Crippen molar-refractivity contribution < 1.29 is 9.59 Å². The second kappa shape index (κ2) is 10.6. The van der Waals surface area contributed by atoms with Gasteiger partial charge in [-0.25, -0.2) is 0 Å². The number of amides is 2. The van der Waals surface area contributed by atoms with E-state index in [9.17, 15) is 9.59 Å². The molecule has 2 amide bonds. The van der Waals surface area contributed by atoms with Crippen LogP contribution < -0.4 is 5.32 Å². The van der Waals surface area contributed by atoms with Gasteiger partial charge in [0, 0.05) is 19.5 Å². The van der Waals surface area contributed by atoms with Crippen molar-refractivity contribution in [3.05, 3.63) is 0 Å². The minimum Gasteiger partial charge on any atom is -0.344 e. The van der Waals surface area contributed by atoms with Gasteiger partial charge in [-0.15, -0.1) is 0 Å². The minimum atomic E-state index is -0.297. The molecule has 1 atom stereocenters. The standard InChI is InChI=1S/C17H32N2O2/c1-3-5-6-7-8-9-10-13-19-14-12-16(20)18-15(11-4-2)17(19)21/h15H,3-14H2,1-2H3,(H,18,20). The zero-order chi connectivity index (χ0) is 15.5. The van der Waals surface area contributed by atoms with E-state index in [0.29, 0.717) is 13.0 Å². The normalized spacial score (nSPS) is 19.5. The highest BCUT2D eigenvalue weighted by molar-refractivity contribution is 5.89. The van der Waals surface area contributed by atoms with E-state index < -0.39 is 0 Å². The highest BCUT2D eigenvalue weighted by atomic mass is 16.2. The van der Waals surface area contributed by atoms with Gasteiger partial charge in [-0.3, -0.25) is 9.59 Å². The lowest BCUT2D eigenvalue weighted by atomic mass is 10.1. The monoisotopic (exact) mass is 296 g/mol. The topological polar surface area (TPSA) is 49.4 Å². The Bertz CT molecular complexity index is 318. The predicted molar refractivity (Wildman–Crippen MR) is 86.0 cm³/mol. The molecule has 0 bridgehead atoms. The highest BCUT2D eigenvalue weighted by Gasteiger charge is 2.28. The molecule has 1 unspecified atom stereocenters. The SMILES string of the molecule is CCCCCCCCCN1CCC(=O)NC(CCC)C1=O. The molecule has 1 heterocycles. The van der Waals surface area contributed by atoms with Gasteiger partial charge in [0.05, 0.1) is 0 Å². The van der Waals surface area contributed by atoms with Gasteiger partial charge in [0.2, 0.25) is 11.8 Å². The molecule has 0 spiro atoms. The maximum Gasteiger partial charge on any atom is 0.245 e. The molecule has 1 aliphatic heterocycles. The van der Waals surface area contributed by atoms with E-state index in [4.69, 9.17) is 0 Å². The van der Waals surface area contributed by atoms with Crippen LogP contribution in [0.1, 0.15) is 78.1 Å². The molecule has 0 aromatic rings. The fraction of sp³-hybridized carbons (Fsp3) is 0.882. The van der Waals surface area contributed by atoms with E-state index in [-0.39, 0.29) is 17.9 Å². The number of carbonyl (C=O) groups excluding carboxylic acids is 2. The molecule has 0 aromatic heterocycles. The van der Waals surface area contributed by atoms with E-state index in [1.165, 1.54) is 38.5 Å². The second-order valence-corrected chi connectivity index (χ2v) is 6.11. The predicted octanol–water partition coefficient (Wildman–Crippen LogP) is 3.25. The second-order valence-electron chi connectivity index (χ2n) is 6.11. The Morgan fingerprint density at radius 3 is 2.33 bits per heavy atom. The summed E-state index contributed by atoms with van der Waals surface area (Å²) in [5, 5.41) is 2.85. The molecule has 1 rings (SSSR count). The summed E-state index contributed by atoms with van der Waals surface area (Å²) in [6, 6.07) is -0.297. The lowest BCUT2D eigenvalue weighted by Gasteiger charge is -2.23. The smallest absolute Gasteiger partial charge is 0.245 e. The van der Waals surface area contributed by atoms with E-state index in [1.54, 1.807) is 0 Å². The van der Waals surface area contributed by atoms with Crippen molar-refractivity contribution in [2.24, 2.45) is 0 Å². The highest BCUT2D eigenvalue weighted by Crippen LogP contribution is 2.11. The van der Waals surface area contributed by atoms with Crippen LogP contribution in [-0.2, 0) is 9.59 Å². The van der Waals surface area contributed by atoms with Crippen LogP contribution in [-0.4, -0.2) is 35.8 Å². The summed E-state index contributed by atoms with van der Waals surface area (Å²) in [5.41, 5.74) is 0. The number of nitrogens with one attached hydrogen (secondary N) is 1. The molecule has 4 nitrogen and oxygen atoms in total. The van der Waals surface area contributed by atoms with Gasteiger partial charge < -0.3 is 10.2 Å².